The predicted molar refractivity (Wildman–Crippen MR) is 138 cm³/mol. The van der Waals surface area contributed by atoms with E-state index in [4.69, 9.17) is 0 Å². The van der Waals surface area contributed by atoms with Crippen LogP contribution in [0.25, 0.3) is 0 Å². The number of carbonyl (C=O) groups is 3. The first kappa shape index (κ1) is 25.8. The smallest absolute Gasteiger partial charge is 0.255 e. The van der Waals surface area contributed by atoms with Crippen molar-refractivity contribution in [2.24, 2.45) is 0 Å². The highest BCUT2D eigenvalue weighted by Gasteiger charge is 2.65. The average molecular weight is 510 g/mol. The second kappa shape index (κ2) is 10.4. The number of amides is 3. The molecule has 2 saturated heterocycles. The molecule has 0 aliphatic carbocycles. The van der Waals surface area contributed by atoms with E-state index in [1.807, 2.05) is 56.3 Å². The average Bonchev–Trinajstić information content (AvgIpc) is 3.18. The minimum atomic E-state index is -1.56. The molecule has 36 heavy (non-hydrogen) atoms. The number of nitrogens with one attached hydrogen (secondary N) is 1. The van der Waals surface area contributed by atoms with Gasteiger partial charge in [0.05, 0.1) is 11.9 Å². The van der Waals surface area contributed by atoms with Crippen LogP contribution in [0.3, 0.4) is 0 Å². The number of allylic oxidation sites excluding steroid dienone is 1. The predicted octanol–water partition coefficient (Wildman–Crippen LogP) is 2.44. The fourth-order valence-electron chi connectivity index (χ4n) is 4.77. The number of phenolic OH excluding ortho intramolecular Hbond substituents is 1. The number of aromatic hydroxyl groups is 1. The van der Waals surface area contributed by atoms with Gasteiger partial charge in [-0.15, -0.1) is 11.8 Å². The molecule has 0 radical (unpaired) electrons. The summed E-state index contributed by atoms with van der Waals surface area (Å²) >= 11 is 1.49. The van der Waals surface area contributed by atoms with Crippen molar-refractivity contribution in [3.63, 3.8) is 0 Å². The molecule has 2 aromatic carbocycles. The van der Waals surface area contributed by atoms with Crippen LogP contribution in [0, 0.1) is 6.92 Å². The van der Waals surface area contributed by atoms with Gasteiger partial charge in [-0.2, -0.15) is 0 Å². The number of aliphatic hydroxyl groups excluding tert-OH is 1. The van der Waals surface area contributed by atoms with Gasteiger partial charge in [0.1, 0.15) is 16.7 Å². The maximum absolute atomic E-state index is 13.5. The van der Waals surface area contributed by atoms with Crippen LogP contribution >= 0.6 is 11.8 Å². The summed E-state index contributed by atoms with van der Waals surface area (Å²) in [6.07, 6.45) is 2.42. The molecule has 2 aliphatic rings. The monoisotopic (exact) mass is 509 g/mol. The zero-order valence-corrected chi connectivity index (χ0v) is 21.4. The van der Waals surface area contributed by atoms with Crippen molar-refractivity contribution in [3.05, 3.63) is 77.4 Å². The van der Waals surface area contributed by atoms with Gasteiger partial charge in [-0.25, -0.2) is 0 Å². The number of β-lactam (4-membered cyclic amide) rings is 1. The highest BCUT2D eigenvalue weighted by molar-refractivity contribution is 8.01. The molecular formula is C27H31N3O5S. The second-order valence-electron chi connectivity index (χ2n) is 9.22. The van der Waals surface area contributed by atoms with E-state index in [0.717, 1.165) is 5.56 Å². The fourth-order valence-corrected chi connectivity index (χ4v) is 6.15. The van der Waals surface area contributed by atoms with Crippen molar-refractivity contribution in [2.75, 3.05) is 12.4 Å². The number of nitrogens with zero attached hydrogens (tertiary/aromatic N) is 2. The van der Waals surface area contributed by atoms with E-state index in [0.29, 0.717) is 12.1 Å². The minimum Gasteiger partial charge on any atom is -0.508 e. The van der Waals surface area contributed by atoms with Crippen molar-refractivity contribution in [1.82, 2.24) is 15.1 Å². The first-order valence-corrected chi connectivity index (χ1v) is 12.9. The van der Waals surface area contributed by atoms with E-state index < -0.39 is 34.9 Å². The normalized spacial score (nSPS) is 22.8. The number of aliphatic hydroxyl groups is 1. The molecule has 2 heterocycles. The largest absolute Gasteiger partial charge is 0.508 e. The van der Waals surface area contributed by atoms with Gasteiger partial charge in [-0.1, -0.05) is 48.6 Å². The van der Waals surface area contributed by atoms with E-state index in [-0.39, 0.29) is 29.5 Å². The zero-order valence-electron chi connectivity index (χ0n) is 20.5. The molecule has 8 nitrogen and oxygen atoms in total. The van der Waals surface area contributed by atoms with Crippen LogP contribution < -0.4 is 5.32 Å². The standard InChI is InChI=1S/C27H31N3O5S/c1-4-5-14-30-26(35)23-27(30,3)36-16-29(23)25(34)22(32)20(15-18-10-7-6-8-11-18)28-24(33)19-12-9-13-21(31)17(19)2/h4-13,20,22-23,31-32H,14-16H2,1-3H3,(H,28,33)/b5-4+/t20-,22-,23+,27?/m0/s1. The second-order valence-corrected chi connectivity index (χ2v) is 10.6. The fraction of sp³-hybridized carbons (Fsp3) is 0.370. The molecule has 3 amide bonds. The molecule has 3 N–H and O–H groups in total. The third kappa shape index (κ3) is 4.60. The summed E-state index contributed by atoms with van der Waals surface area (Å²) in [4.78, 5) is 42.1. The Hall–Kier alpha value is -3.30. The van der Waals surface area contributed by atoms with E-state index in [2.05, 4.69) is 5.32 Å². The van der Waals surface area contributed by atoms with Crippen molar-refractivity contribution >= 4 is 29.5 Å². The quantitative estimate of drug-likeness (QED) is 0.373. The van der Waals surface area contributed by atoms with E-state index in [1.165, 1.54) is 22.7 Å². The molecule has 190 valence electrons. The molecule has 9 heteroatoms. The highest BCUT2D eigenvalue weighted by atomic mass is 32.2. The van der Waals surface area contributed by atoms with Gasteiger partial charge in [0, 0.05) is 17.7 Å². The van der Waals surface area contributed by atoms with Gasteiger partial charge >= 0.3 is 0 Å². The number of carbonyl (C=O) groups excluding carboxylic acids is 3. The molecule has 0 saturated carbocycles. The first-order valence-electron chi connectivity index (χ1n) is 11.9. The summed E-state index contributed by atoms with van der Waals surface area (Å²) in [7, 11) is 0. The Labute approximate surface area is 215 Å². The Morgan fingerprint density at radius 2 is 1.94 bits per heavy atom. The molecule has 2 fully saturated rings. The number of rotatable bonds is 8. The van der Waals surface area contributed by atoms with Crippen LogP contribution in [-0.2, 0) is 16.0 Å². The molecule has 0 spiro atoms. The lowest BCUT2D eigenvalue weighted by atomic mass is 9.92. The van der Waals surface area contributed by atoms with Gasteiger partial charge < -0.3 is 25.3 Å². The van der Waals surface area contributed by atoms with E-state index in [1.54, 1.807) is 24.0 Å². The minimum absolute atomic E-state index is 0.0155. The summed E-state index contributed by atoms with van der Waals surface area (Å²) in [5, 5.41) is 24.0. The van der Waals surface area contributed by atoms with E-state index in [9.17, 15) is 24.6 Å². The van der Waals surface area contributed by atoms with Crippen molar-refractivity contribution in [2.45, 2.75) is 50.3 Å². The summed E-state index contributed by atoms with van der Waals surface area (Å²) in [6, 6.07) is 12.3. The lowest BCUT2D eigenvalue weighted by Crippen LogP contribution is -2.73. The number of hydrogen-bond acceptors (Lipinski definition) is 6. The molecule has 0 bridgehead atoms. The summed E-state index contributed by atoms with van der Waals surface area (Å²) < 4.78 is 0. The Morgan fingerprint density at radius 3 is 2.64 bits per heavy atom. The third-order valence-corrected chi connectivity index (χ3v) is 8.39. The molecule has 4 rings (SSSR count). The number of phenols is 1. The molecule has 1 unspecified atom stereocenters. The number of likely N-dealkylation sites (tertiary alicyclic amines) is 1. The first-order chi connectivity index (χ1) is 17.2. The van der Waals surface area contributed by atoms with Crippen molar-refractivity contribution in [3.8, 4) is 5.75 Å². The number of fused-ring (bicyclic) bond motifs is 1. The Bertz CT molecular complexity index is 1190. The van der Waals surface area contributed by atoms with Gasteiger partial charge in [-0.3, -0.25) is 14.4 Å². The van der Waals surface area contributed by atoms with Crippen molar-refractivity contribution in [1.29, 1.82) is 0 Å². The summed E-state index contributed by atoms with van der Waals surface area (Å²) in [5.74, 6) is -0.996. The number of hydrogen-bond donors (Lipinski definition) is 3. The SMILES string of the molecule is C/C=C/CN1C(=O)[C@H]2N(C(=O)[C@@H](O)[C@H](Cc3ccccc3)NC(=O)c3cccc(O)c3C)CSC21C. The van der Waals surface area contributed by atoms with Crippen LogP contribution in [0.15, 0.2) is 60.7 Å². The van der Waals surface area contributed by atoms with Crippen LogP contribution in [0.1, 0.15) is 35.3 Å². The lowest BCUT2D eigenvalue weighted by Gasteiger charge is -2.52. The number of benzene rings is 2. The van der Waals surface area contributed by atoms with Gasteiger partial charge in [0.15, 0.2) is 6.10 Å². The topological polar surface area (TPSA) is 110 Å². The molecule has 0 aromatic heterocycles. The van der Waals surface area contributed by atoms with Crippen LogP contribution in [0.4, 0.5) is 0 Å². The zero-order chi connectivity index (χ0) is 26.0. The van der Waals surface area contributed by atoms with Crippen LogP contribution in [0.2, 0.25) is 0 Å². The van der Waals surface area contributed by atoms with Crippen LogP contribution in [0.5, 0.6) is 5.75 Å². The molecule has 4 atom stereocenters. The maximum Gasteiger partial charge on any atom is 0.255 e. The van der Waals surface area contributed by atoms with Crippen molar-refractivity contribution < 1.29 is 24.6 Å². The summed E-state index contributed by atoms with van der Waals surface area (Å²) in [6.45, 7) is 5.91. The van der Waals surface area contributed by atoms with Crippen LogP contribution in [-0.4, -0.2) is 73.2 Å². The van der Waals surface area contributed by atoms with E-state index >= 15 is 0 Å². The lowest BCUT2D eigenvalue weighted by molar-refractivity contribution is -0.166. The van der Waals surface area contributed by atoms with Gasteiger partial charge in [0.25, 0.3) is 11.8 Å². The maximum atomic E-state index is 13.5. The third-order valence-electron chi connectivity index (χ3n) is 6.96. The number of thioether (sulfide) groups is 1. The Kier molecular flexibility index (Phi) is 7.42. The van der Waals surface area contributed by atoms with Gasteiger partial charge in [0.2, 0.25) is 5.91 Å². The van der Waals surface area contributed by atoms with Gasteiger partial charge in [-0.05, 0) is 44.9 Å². The molecule has 2 aliphatic heterocycles. The highest BCUT2D eigenvalue weighted by Crippen LogP contribution is 2.50. The summed E-state index contributed by atoms with van der Waals surface area (Å²) in [5.41, 5.74) is 1.49. The molecule has 2 aromatic rings. The Morgan fingerprint density at radius 1 is 1.22 bits per heavy atom. The Balaban J connectivity index is 1.55. The molecular weight excluding hydrogens is 478 g/mol.